The van der Waals surface area contributed by atoms with Gasteiger partial charge in [-0.05, 0) is 24.5 Å². The third-order valence-electron chi connectivity index (χ3n) is 1.30. The minimum Gasteiger partial charge on any atom is -0.472 e. The van der Waals surface area contributed by atoms with Crippen LogP contribution in [0.2, 0.25) is 0 Å². The van der Waals surface area contributed by atoms with E-state index in [1.165, 1.54) is 16.2 Å². The fourth-order valence-corrected chi connectivity index (χ4v) is 1.55. The predicted octanol–water partition coefficient (Wildman–Crippen LogP) is 1.75. The van der Waals surface area contributed by atoms with Crippen molar-refractivity contribution < 1.29 is 9.90 Å². The van der Waals surface area contributed by atoms with Gasteiger partial charge in [-0.15, -0.1) is 11.3 Å². The van der Waals surface area contributed by atoms with E-state index in [0.717, 1.165) is 11.3 Å². The van der Waals surface area contributed by atoms with E-state index in [1.54, 1.807) is 0 Å². The Balaban J connectivity index is 2.78. The topological polar surface area (TPSA) is 37.3 Å². The lowest BCUT2D eigenvalue weighted by atomic mass is 10.4. The SMILES string of the molecule is CCc1ccc(C#CC(=O)O)s1. The van der Waals surface area contributed by atoms with Crippen molar-refractivity contribution >= 4 is 17.3 Å². The number of aliphatic carboxylic acids is 1. The molecule has 0 atom stereocenters. The summed E-state index contributed by atoms with van der Waals surface area (Å²) in [6.07, 6.45) is 0.972. The van der Waals surface area contributed by atoms with Crippen molar-refractivity contribution in [3.05, 3.63) is 21.9 Å². The van der Waals surface area contributed by atoms with Gasteiger partial charge < -0.3 is 5.11 Å². The number of rotatable bonds is 1. The minimum absolute atomic E-state index is 0.814. The normalized spacial score (nSPS) is 8.75. The van der Waals surface area contributed by atoms with Gasteiger partial charge in [0.1, 0.15) is 0 Å². The Kier molecular flexibility index (Phi) is 2.89. The van der Waals surface area contributed by atoms with Crippen molar-refractivity contribution in [2.45, 2.75) is 13.3 Å². The summed E-state index contributed by atoms with van der Waals surface area (Å²) in [6, 6.07) is 3.82. The Morgan fingerprint density at radius 1 is 1.67 bits per heavy atom. The second-order valence-electron chi connectivity index (χ2n) is 2.17. The molecule has 12 heavy (non-hydrogen) atoms. The van der Waals surface area contributed by atoms with Crippen LogP contribution in [0.25, 0.3) is 0 Å². The van der Waals surface area contributed by atoms with Gasteiger partial charge in [-0.3, -0.25) is 0 Å². The Hall–Kier alpha value is -1.27. The highest BCUT2D eigenvalue weighted by molar-refractivity contribution is 7.12. The molecule has 1 aromatic heterocycles. The third-order valence-corrected chi connectivity index (χ3v) is 2.45. The molecule has 1 rings (SSSR count). The van der Waals surface area contributed by atoms with Gasteiger partial charge in [0.25, 0.3) is 0 Å². The van der Waals surface area contributed by atoms with Crippen molar-refractivity contribution in [3.63, 3.8) is 0 Å². The van der Waals surface area contributed by atoms with Gasteiger partial charge in [0, 0.05) is 10.8 Å². The zero-order chi connectivity index (χ0) is 8.97. The summed E-state index contributed by atoms with van der Waals surface area (Å²) in [6.45, 7) is 2.06. The van der Waals surface area contributed by atoms with Crippen LogP contribution in [-0.4, -0.2) is 11.1 Å². The number of thiophene rings is 1. The molecule has 0 aliphatic rings. The van der Waals surface area contributed by atoms with E-state index < -0.39 is 5.97 Å². The molecule has 0 aliphatic carbocycles. The van der Waals surface area contributed by atoms with Crippen LogP contribution < -0.4 is 0 Å². The molecule has 0 unspecified atom stereocenters. The summed E-state index contributed by atoms with van der Waals surface area (Å²) in [4.78, 5) is 12.1. The van der Waals surface area contributed by atoms with Crippen LogP contribution in [0.5, 0.6) is 0 Å². The van der Waals surface area contributed by atoms with E-state index in [2.05, 4.69) is 18.8 Å². The smallest absolute Gasteiger partial charge is 0.382 e. The van der Waals surface area contributed by atoms with Crippen LogP contribution in [0.3, 0.4) is 0 Å². The van der Waals surface area contributed by atoms with E-state index in [0.29, 0.717) is 0 Å². The molecule has 0 saturated heterocycles. The molecular formula is C9H8O2S. The van der Waals surface area contributed by atoms with E-state index in [1.807, 2.05) is 12.1 Å². The second kappa shape index (κ2) is 3.93. The number of carboxylic acid groups (broad SMARTS) is 1. The lowest BCUT2D eigenvalue weighted by Crippen LogP contribution is -1.85. The van der Waals surface area contributed by atoms with Gasteiger partial charge in [-0.1, -0.05) is 6.92 Å². The molecule has 0 aromatic carbocycles. The first kappa shape index (κ1) is 8.82. The molecule has 1 heterocycles. The summed E-state index contributed by atoms with van der Waals surface area (Å²) < 4.78 is 0. The van der Waals surface area contributed by atoms with Crippen molar-refractivity contribution in [1.82, 2.24) is 0 Å². The second-order valence-corrected chi connectivity index (χ2v) is 3.34. The van der Waals surface area contributed by atoms with Crippen LogP contribution in [-0.2, 0) is 11.2 Å². The Morgan fingerprint density at radius 2 is 2.42 bits per heavy atom. The molecule has 0 fully saturated rings. The van der Waals surface area contributed by atoms with Gasteiger partial charge in [-0.2, -0.15) is 0 Å². The molecule has 3 heteroatoms. The standard InChI is InChI=1S/C9H8O2S/c1-2-7-3-4-8(12-7)5-6-9(10)11/h3-4H,2H2,1H3,(H,10,11). The molecule has 0 aliphatic heterocycles. The van der Waals surface area contributed by atoms with Crippen molar-refractivity contribution in [3.8, 4) is 11.8 Å². The lowest BCUT2D eigenvalue weighted by molar-refractivity contribution is -0.130. The molecule has 1 aromatic rings. The maximum absolute atomic E-state index is 10.1. The Morgan fingerprint density at radius 3 is 2.92 bits per heavy atom. The third kappa shape index (κ3) is 2.40. The summed E-state index contributed by atoms with van der Waals surface area (Å²) in [5, 5.41) is 8.27. The summed E-state index contributed by atoms with van der Waals surface area (Å²) >= 11 is 1.54. The summed E-state index contributed by atoms with van der Waals surface area (Å²) in [5.74, 6) is 3.56. The monoisotopic (exact) mass is 180 g/mol. The lowest BCUT2D eigenvalue weighted by Gasteiger charge is -1.80. The Bertz CT molecular complexity index is 341. The molecule has 1 N–H and O–H groups in total. The first-order chi connectivity index (χ1) is 5.72. The molecular weight excluding hydrogens is 172 g/mol. The molecule has 2 nitrogen and oxygen atoms in total. The van der Waals surface area contributed by atoms with Gasteiger partial charge >= 0.3 is 5.97 Å². The van der Waals surface area contributed by atoms with Crippen molar-refractivity contribution in [2.24, 2.45) is 0 Å². The molecule has 0 amide bonds. The van der Waals surface area contributed by atoms with Crippen LogP contribution in [0.4, 0.5) is 0 Å². The summed E-state index contributed by atoms with van der Waals surface area (Å²) in [7, 11) is 0. The van der Waals surface area contributed by atoms with E-state index in [4.69, 9.17) is 5.11 Å². The highest BCUT2D eigenvalue weighted by Gasteiger charge is 1.94. The maximum atomic E-state index is 10.1. The average Bonchev–Trinajstić information content (AvgIpc) is 2.48. The highest BCUT2D eigenvalue weighted by Crippen LogP contribution is 2.15. The summed E-state index contributed by atoms with van der Waals surface area (Å²) in [5.41, 5.74) is 0. The first-order valence-corrected chi connectivity index (χ1v) is 4.37. The highest BCUT2D eigenvalue weighted by atomic mass is 32.1. The number of aryl methyl sites for hydroxylation is 1. The zero-order valence-corrected chi connectivity index (χ0v) is 7.44. The minimum atomic E-state index is -1.08. The number of carbonyl (C=O) groups is 1. The first-order valence-electron chi connectivity index (χ1n) is 3.56. The van der Waals surface area contributed by atoms with E-state index in [9.17, 15) is 4.79 Å². The Labute approximate surface area is 74.9 Å². The molecule has 0 saturated carbocycles. The van der Waals surface area contributed by atoms with Crippen molar-refractivity contribution in [2.75, 3.05) is 0 Å². The largest absolute Gasteiger partial charge is 0.472 e. The van der Waals surface area contributed by atoms with Crippen LogP contribution >= 0.6 is 11.3 Å². The zero-order valence-electron chi connectivity index (χ0n) is 6.63. The van der Waals surface area contributed by atoms with Gasteiger partial charge in [0.05, 0.1) is 4.88 Å². The van der Waals surface area contributed by atoms with Gasteiger partial charge in [0.2, 0.25) is 0 Å². The van der Waals surface area contributed by atoms with Crippen LogP contribution in [0.1, 0.15) is 16.7 Å². The van der Waals surface area contributed by atoms with Gasteiger partial charge in [0.15, 0.2) is 0 Å². The fourth-order valence-electron chi connectivity index (χ4n) is 0.750. The number of carboxylic acids is 1. The van der Waals surface area contributed by atoms with Gasteiger partial charge in [-0.25, -0.2) is 4.79 Å². The quantitative estimate of drug-likeness (QED) is 0.668. The number of hydrogen-bond donors (Lipinski definition) is 1. The van der Waals surface area contributed by atoms with Crippen LogP contribution in [0.15, 0.2) is 12.1 Å². The predicted molar refractivity (Wildman–Crippen MR) is 48.2 cm³/mol. The molecule has 0 bridgehead atoms. The molecule has 0 radical (unpaired) electrons. The van der Waals surface area contributed by atoms with E-state index >= 15 is 0 Å². The number of hydrogen-bond acceptors (Lipinski definition) is 2. The molecule has 62 valence electrons. The van der Waals surface area contributed by atoms with E-state index in [-0.39, 0.29) is 0 Å². The fraction of sp³-hybridized carbons (Fsp3) is 0.222. The molecule has 0 spiro atoms. The maximum Gasteiger partial charge on any atom is 0.382 e. The van der Waals surface area contributed by atoms with Crippen LogP contribution in [0, 0.1) is 11.8 Å². The average molecular weight is 180 g/mol. The van der Waals surface area contributed by atoms with Crippen molar-refractivity contribution in [1.29, 1.82) is 0 Å².